The maximum absolute atomic E-state index is 9.26. The van der Waals surface area contributed by atoms with Crippen LogP contribution in [-0.2, 0) is 0 Å². The van der Waals surface area contributed by atoms with Crippen LogP contribution < -0.4 is 5.73 Å². The maximum atomic E-state index is 9.26. The van der Waals surface area contributed by atoms with Crippen LogP contribution in [0.15, 0.2) is 18.2 Å². The third-order valence-electron chi connectivity index (χ3n) is 3.79. The third kappa shape index (κ3) is 3.55. The Balaban J connectivity index is 2.89. The lowest BCUT2D eigenvalue weighted by Crippen LogP contribution is -2.21. The van der Waals surface area contributed by atoms with Crippen molar-refractivity contribution in [1.82, 2.24) is 0 Å². The number of nitrogens with two attached hydrogens (primary N) is 1. The van der Waals surface area contributed by atoms with Gasteiger partial charge in [-0.25, -0.2) is 0 Å². The van der Waals surface area contributed by atoms with Crippen molar-refractivity contribution >= 4 is 0 Å². The minimum atomic E-state index is 0.192. The molecule has 1 rings (SSSR count). The molecule has 1 aromatic rings. The van der Waals surface area contributed by atoms with Crippen molar-refractivity contribution in [1.29, 1.82) is 0 Å². The van der Waals surface area contributed by atoms with E-state index < -0.39 is 0 Å². The van der Waals surface area contributed by atoms with Crippen molar-refractivity contribution in [3.63, 3.8) is 0 Å². The van der Waals surface area contributed by atoms with Crippen molar-refractivity contribution < 1.29 is 5.11 Å². The van der Waals surface area contributed by atoms with E-state index >= 15 is 0 Å². The summed E-state index contributed by atoms with van der Waals surface area (Å²) in [5.74, 6) is 0.732. The van der Waals surface area contributed by atoms with Crippen LogP contribution in [0.5, 0.6) is 0 Å². The Bertz CT molecular complexity index is 345. The second-order valence-electron chi connectivity index (χ2n) is 4.91. The van der Waals surface area contributed by atoms with Crippen molar-refractivity contribution in [3.8, 4) is 0 Å². The number of benzene rings is 1. The molecule has 0 heterocycles. The lowest BCUT2D eigenvalue weighted by Gasteiger charge is -2.23. The highest BCUT2D eigenvalue weighted by Crippen LogP contribution is 2.30. The standard InChI is InChI=1S/C15H25NO/c1-4-14(8-13(9-16)10-17)15-7-5-6-11(2)12(15)3/h5-7,13-14,17H,4,8-10,16H2,1-3H3. The van der Waals surface area contributed by atoms with E-state index in [4.69, 9.17) is 5.73 Å². The second-order valence-corrected chi connectivity index (χ2v) is 4.91. The zero-order chi connectivity index (χ0) is 12.8. The summed E-state index contributed by atoms with van der Waals surface area (Å²) >= 11 is 0. The van der Waals surface area contributed by atoms with Crippen LogP contribution in [-0.4, -0.2) is 18.3 Å². The Hall–Kier alpha value is -0.860. The first-order chi connectivity index (χ1) is 8.13. The summed E-state index contributed by atoms with van der Waals surface area (Å²) in [6, 6.07) is 6.48. The van der Waals surface area contributed by atoms with Crippen molar-refractivity contribution in [2.75, 3.05) is 13.2 Å². The predicted octanol–water partition coefficient (Wildman–Crippen LogP) is 2.75. The topological polar surface area (TPSA) is 46.2 Å². The molecule has 0 amide bonds. The number of rotatable bonds is 6. The van der Waals surface area contributed by atoms with Crippen LogP contribution in [0.25, 0.3) is 0 Å². The SMILES string of the molecule is CCC(CC(CN)CO)c1cccc(C)c1C. The number of aliphatic hydroxyl groups is 1. The van der Waals surface area contributed by atoms with Gasteiger partial charge in [0.1, 0.15) is 0 Å². The minimum Gasteiger partial charge on any atom is -0.396 e. The minimum absolute atomic E-state index is 0.192. The predicted molar refractivity (Wildman–Crippen MR) is 73.2 cm³/mol. The molecule has 0 fully saturated rings. The Kier molecular flexibility index (Phi) is 5.66. The van der Waals surface area contributed by atoms with Crippen LogP contribution >= 0.6 is 0 Å². The first kappa shape index (κ1) is 14.2. The quantitative estimate of drug-likeness (QED) is 0.796. The van der Waals surface area contributed by atoms with Crippen molar-refractivity contribution in [2.45, 2.75) is 39.5 Å². The molecule has 96 valence electrons. The van der Waals surface area contributed by atoms with E-state index in [9.17, 15) is 5.11 Å². The van der Waals surface area contributed by atoms with E-state index in [1.54, 1.807) is 0 Å². The number of aryl methyl sites for hydroxylation is 1. The molecule has 2 heteroatoms. The molecule has 0 saturated heterocycles. The number of hydrogen-bond donors (Lipinski definition) is 2. The summed E-state index contributed by atoms with van der Waals surface area (Å²) in [6.07, 6.45) is 2.08. The first-order valence-corrected chi connectivity index (χ1v) is 6.51. The van der Waals surface area contributed by atoms with Gasteiger partial charge < -0.3 is 10.8 Å². The summed E-state index contributed by atoms with van der Waals surface area (Å²) in [4.78, 5) is 0. The third-order valence-corrected chi connectivity index (χ3v) is 3.79. The molecule has 0 aliphatic carbocycles. The smallest absolute Gasteiger partial charge is 0.0471 e. The molecule has 0 radical (unpaired) electrons. The van der Waals surface area contributed by atoms with Crippen molar-refractivity contribution in [2.24, 2.45) is 11.7 Å². The maximum Gasteiger partial charge on any atom is 0.0471 e. The highest BCUT2D eigenvalue weighted by Gasteiger charge is 2.17. The molecule has 1 aromatic carbocycles. The molecule has 2 nitrogen and oxygen atoms in total. The molecule has 17 heavy (non-hydrogen) atoms. The van der Waals surface area contributed by atoms with Crippen LogP contribution in [0.1, 0.15) is 42.4 Å². The summed E-state index contributed by atoms with van der Waals surface area (Å²) in [6.45, 7) is 7.30. The van der Waals surface area contributed by atoms with Gasteiger partial charge in [-0.05, 0) is 61.8 Å². The summed E-state index contributed by atoms with van der Waals surface area (Å²) in [7, 11) is 0. The van der Waals surface area contributed by atoms with Gasteiger partial charge in [-0.3, -0.25) is 0 Å². The van der Waals surface area contributed by atoms with E-state index in [2.05, 4.69) is 39.0 Å². The zero-order valence-electron chi connectivity index (χ0n) is 11.2. The fraction of sp³-hybridized carbons (Fsp3) is 0.600. The summed E-state index contributed by atoms with van der Waals surface area (Å²) < 4.78 is 0. The molecule has 0 aliphatic rings. The van der Waals surface area contributed by atoms with Gasteiger partial charge in [-0.1, -0.05) is 25.1 Å². The molecule has 0 aromatic heterocycles. The van der Waals surface area contributed by atoms with Gasteiger partial charge in [0.15, 0.2) is 0 Å². The van der Waals surface area contributed by atoms with Gasteiger partial charge in [0.05, 0.1) is 0 Å². The average Bonchev–Trinajstić information content (AvgIpc) is 2.35. The molecule has 2 unspecified atom stereocenters. The molecular formula is C15H25NO. The second kappa shape index (κ2) is 6.77. The van der Waals surface area contributed by atoms with E-state index in [0.717, 1.165) is 12.8 Å². The Labute approximate surface area is 105 Å². The highest BCUT2D eigenvalue weighted by molar-refractivity contribution is 5.35. The van der Waals surface area contributed by atoms with Gasteiger partial charge in [0, 0.05) is 6.61 Å². The number of hydrogen-bond acceptors (Lipinski definition) is 2. The largest absolute Gasteiger partial charge is 0.396 e. The van der Waals surface area contributed by atoms with E-state index in [0.29, 0.717) is 12.5 Å². The molecular weight excluding hydrogens is 210 g/mol. The summed E-state index contributed by atoms with van der Waals surface area (Å²) in [5.41, 5.74) is 9.81. The van der Waals surface area contributed by atoms with Gasteiger partial charge in [0.25, 0.3) is 0 Å². The van der Waals surface area contributed by atoms with Crippen LogP contribution in [0.3, 0.4) is 0 Å². The zero-order valence-corrected chi connectivity index (χ0v) is 11.2. The van der Waals surface area contributed by atoms with Crippen LogP contribution in [0.4, 0.5) is 0 Å². The Morgan fingerprint density at radius 1 is 1.29 bits per heavy atom. The molecule has 0 saturated carbocycles. The Morgan fingerprint density at radius 2 is 2.00 bits per heavy atom. The monoisotopic (exact) mass is 235 g/mol. The van der Waals surface area contributed by atoms with E-state index in [-0.39, 0.29) is 12.5 Å². The lowest BCUT2D eigenvalue weighted by atomic mass is 9.84. The molecule has 3 N–H and O–H groups in total. The van der Waals surface area contributed by atoms with Gasteiger partial charge in [-0.2, -0.15) is 0 Å². The van der Waals surface area contributed by atoms with E-state index in [1.165, 1.54) is 16.7 Å². The fourth-order valence-electron chi connectivity index (χ4n) is 2.38. The van der Waals surface area contributed by atoms with Gasteiger partial charge >= 0.3 is 0 Å². The highest BCUT2D eigenvalue weighted by atomic mass is 16.3. The molecule has 0 aliphatic heterocycles. The molecule has 0 spiro atoms. The van der Waals surface area contributed by atoms with Crippen LogP contribution in [0, 0.1) is 19.8 Å². The van der Waals surface area contributed by atoms with Gasteiger partial charge in [-0.15, -0.1) is 0 Å². The average molecular weight is 235 g/mol. The normalized spacial score (nSPS) is 14.6. The Morgan fingerprint density at radius 3 is 2.53 bits per heavy atom. The number of aliphatic hydroxyl groups excluding tert-OH is 1. The van der Waals surface area contributed by atoms with Crippen LogP contribution in [0.2, 0.25) is 0 Å². The van der Waals surface area contributed by atoms with E-state index in [1.807, 2.05) is 0 Å². The fourth-order valence-corrected chi connectivity index (χ4v) is 2.38. The lowest BCUT2D eigenvalue weighted by molar-refractivity contribution is 0.214. The van der Waals surface area contributed by atoms with Gasteiger partial charge in [0.2, 0.25) is 0 Å². The summed E-state index contributed by atoms with van der Waals surface area (Å²) in [5, 5.41) is 9.26. The van der Waals surface area contributed by atoms with Crippen molar-refractivity contribution in [3.05, 3.63) is 34.9 Å². The molecule has 0 bridgehead atoms. The first-order valence-electron chi connectivity index (χ1n) is 6.51. The molecule has 2 atom stereocenters.